The molecule has 1 rings (SSSR count). The van der Waals surface area contributed by atoms with Crippen LogP contribution >= 0.6 is 0 Å². The molecule has 0 spiro atoms. The van der Waals surface area contributed by atoms with E-state index in [9.17, 15) is 8.42 Å². The monoisotopic (exact) mass is 243 g/mol. The number of rotatable bonds is 5. The van der Waals surface area contributed by atoms with Crippen LogP contribution in [0.5, 0.6) is 0 Å². The van der Waals surface area contributed by atoms with Gasteiger partial charge >= 0.3 is 0 Å². The van der Waals surface area contributed by atoms with Crippen LogP contribution in [-0.2, 0) is 14.3 Å². The maximum atomic E-state index is 11.7. The van der Waals surface area contributed by atoms with Crippen molar-refractivity contribution in [3.63, 3.8) is 0 Å². The van der Waals surface area contributed by atoms with Gasteiger partial charge in [0.25, 0.3) is 10.1 Å². The van der Waals surface area contributed by atoms with Crippen LogP contribution in [-0.4, -0.2) is 29.1 Å². The SMILES string of the molecule is CCCOS(=O)(=O)c1cccc(N(C)C)c1. The minimum atomic E-state index is -3.61. The smallest absolute Gasteiger partial charge is 0.297 e. The fourth-order valence-electron chi connectivity index (χ4n) is 1.18. The number of hydrogen-bond donors (Lipinski definition) is 0. The van der Waals surface area contributed by atoms with Crippen LogP contribution in [0.2, 0.25) is 0 Å². The predicted octanol–water partition coefficient (Wildman–Crippen LogP) is 1.87. The molecule has 0 bridgehead atoms. The number of anilines is 1. The van der Waals surface area contributed by atoms with E-state index >= 15 is 0 Å². The van der Waals surface area contributed by atoms with Crippen LogP contribution in [0.4, 0.5) is 5.69 Å². The van der Waals surface area contributed by atoms with E-state index in [0.29, 0.717) is 6.42 Å². The average molecular weight is 243 g/mol. The molecule has 1 aromatic carbocycles. The molecule has 0 amide bonds. The van der Waals surface area contributed by atoms with Gasteiger partial charge in [0.05, 0.1) is 11.5 Å². The standard InChI is InChI=1S/C11H17NO3S/c1-4-8-15-16(13,14)11-7-5-6-10(9-11)12(2)3/h5-7,9H,4,8H2,1-3H3. The summed E-state index contributed by atoms with van der Waals surface area (Å²) in [7, 11) is 0.114. The van der Waals surface area contributed by atoms with Gasteiger partial charge in [-0.1, -0.05) is 13.0 Å². The van der Waals surface area contributed by atoms with E-state index in [0.717, 1.165) is 5.69 Å². The summed E-state index contributed by atoms with van der Waals surface area (Å²) in [4.78, 5) is 2.05. The summed E-state index contributed by atoms with van der Waals surface area (Å²) in [6.07, 6.45) is 0.673. The summed E-state index contributed by atoms with van der Waals surface area (Å²) in [6, 6.07) is 6.69. The quantitative estimate of drug-likeness (QED) is 0.741. The molecule has 0 N–H and O–H groups in total. The zero-order valence-electron chi connectivity index (χ0n) is 9.80. The van der Waals surface area contributed by atoms with Crippen molar-refractivity contribution in [1.29, 1.82) is 0 Å². The molecule has 0 saturated carbocycles. The van der Waals surface area contributed by atoms with E-state index in [1.165, 1.54) is 6.07 Å². The van der Waals surface area contributed by atoms with E-state index in [1.54, 1.807) is 12.1 Å². The molecule has 0 saturated heterocycles. The summed E-state index contributed by atoms with van der Waals surface area (Å²) in [5.74, 6) is 0. The van der Waals surface area contributed by atoms with Crippen molar-refractivity contribution < 1.29 is 12.6 Å². The van der Waals surface area contributed by atoms with Crippen molar-refractivity contribution in [2.75, 3.05) is 25.6 Å². The maximum Gasteiger partial charge on any atom is 0.297 e. The second-order valence-corrected chi connectivity index (χ2v) is 5.28. The maximum absolute atomic E-state index is 11.7. The highest BCUT2D eigenvalue weighted by Crippen LogP contribution is 2.19. The highest BCUT2D eigenvalue weighted by Gasteiger charge is 2.15. The molecule has 1 aromatic rings. The van der Waals surface area contributed by atoms with Crippen LogP contribution in [0.15, 0.2) is 29.2 Å². The van der Waals surface area contributed by atoms with Gasteiger partial charge in [0.15, 0.2) is 0 Å². The fraction of sp³-hybridized carbons (Fsp3) is 0.455. The summed E-state index contributed by atoms with van der Waals surface area (Å²) in [5, 5.41) is 0. The number of hydrogen-bond acceptors (Lipinski definition) is 4. The first-order valence-corrected chi connectivity index (χ1v) is 6.55. The third kappa shape index (κ3) is 3.21. The average Bonchev–Trinajstić information content (AvgIpc) is 2.26. The highest BCUT2D eigenvalue weighted by atomic mass is 32.2. The van der Waals surface area contributed by atoms with Crippen LogP contribution < -0.4 is 4.90 Å². The first kappa shape index (κ1) is 13.0. The molecule has 0 aliphatic heterocycles. The van der Waals surface area contributed by atoms with Crippen molar-refractivity contribution in [1.82, 2.24) is 0 Å². The van der Waals surface area contributed by atoms with Crippen LogP contribution in [0, 0.1) is 0 Å². The Kier molecular flexibility index (Phi) is 4.32. The molecule has 0 heterocycles. The van der Waals surface area contributed by atoms with Gasteiger partial charge in [-0.05, 0) is 24.6 Å². The highest BCUT2D eigenvalue weighted by molar-refractivity contribution is 7.86. The zero-order chi connectivity index (χ0) is 12.2. The van der Waals surface area contributed by atoms with Gasteiger partial charge in [-0.15, -0.1) is 0 Å². The Morgan fingerprint density at radius 3 is 2.56 bits per heavy atom. The Balaban J connectivity index is 2.99. The minimum absolute atomic E-state index is 0.201. The third-order valence-electron chi connectivity index (χ3n) is 2.07. The summed E-state index contributed by atoms with van der Waals surface area (Å²) >= 11 is 0. The van der Waals surface area contributed by atoms with Crippen molar-refractivity contribution in [2.24, 2.45) is 0 Å². The molecular formula is C11H17NO3S. The summed E-state index contributed by atoms with van der Waals surface area (Å²) in [5.41, 5.74) is 0.834. The Bertz CT molecular complexity index is 440. The van der Waals surface area contributed by atoms with Gasteiger partial charge in [0.2, 0.25) is 0 Å². The first-order valence-electron chi connectivity index (χ1n) is 5.14. The van der Waals surface area contributed by atoms with Gasteiger partial charge in [-0.3, -0.25) is 4.18 Å². The fourth-order valence-corrected chi connectivity index (χ4v) is 2.21. The molecule has 4 nitrogen and oxygen atoms in total. The van der Waals surface area contributed by atoms with Crippen LogP contribution in [0.3, 0.4) is 0 Å². The number of benzene rings is 1. The Hall–Kier alpha value is -1.07. The van der Waals surface area contributed by atoms with Crippen molar-refractivity contribution >= 4 is 15.8 Å². The second-order valence-electron chi connectivity index (χ2n) is 3.67. The first-order chi connectivity index (χ1) is 7.47. The minimum Gasteiger partial charge on any atom is -0.378 e. The molecule has 0 unspecified atom stereocenters. The number of nitrogens with zero attached hydrogens (tertiary/aromatic N) is 1. The Morgan fingerprint density at radius 1 is 1.31 bits per heavy atom. The predicted molar refractivity (Wildman–Crippen MR) is 64.2 cm³/mol. The molecule has 90 valence electrons. The third-order valence-corrected chi connectivity index (χ3v) is 3.37. The molecule has 0 aromatic heterocycles. The molecule has 0 aliphatic rings. The lowest BCUT2D eigenvalue weighted by atomic mass is 10.3. The largest absolute Gasteiger partial charge is 0.378 e. The van der Waals surface area contributed by atoms with E-state index in [-0.39, 0.29) is 11.5 Å². The Morgan fingerprint density at radius 2 is 2.00 bits per heavy atom. The van der Waals surface area contributed by atoms with Crippen molar-refractivity contribution in [2.45, 2.75) is 18.2 Å². The van der Waals surface area contributed by atoms with Gasteiger partial charge in [0, 0.05) is 19.8 Å². The molecule has 0 radical (unpaired) electrons. The topological polar surface area (TPSA) is 46.6 Å². The van der Waals surface area contributed by atoms with Gasteiger partial charge in [0.1, 0.15) is 0 Å². The van der Waals surface area contributed by atoms with Crippen molar-refractivity contribution in [3.8, 4) is 0 Å². The normalized spacial score (nSPS) is 11.4. The van der Waals surface area contributed by atoms with Gasteiger partial charge in [-0.2, -0.15) is 8.42 Å². The molecule has 16 heavy (non-hydrogen) atoms. The zero-order valence-corrected chi connectivity index (χ0v) is 10.6. The molecule has 0 aliphatic carbocycles. The molecular weight excluding hydrogens is 226 g/mol. The molecule has 0 atom stereocenters. The van der Waals surface area contributed by atoms with Gasteiger partial charge in [-0.25, -0.2) is 0 Å². The Labute approximate surface area is 97.0 Å². The summed E-state index contributed by atoms with van der Waals surface area (Å²) < 4.78 is 28.3. The van der Waals surface area contributed by atoms with Crippen LogP contribution in [0.25, 0.3) is 0 Å². The second kappa shape index (κ2) is 5.32. The van der Waals surface area contributed by atoms with Crippen LogP contribution in [0.1, 0.15) is 13.3 Å². The molecule has 5 heteroatoms. The van der Waals surface area contributed by atoms with E-state index in [4.69, 9.17) is 4.18 Å². The molecule has 0 fully saturated rings. The summed E-state index contributed by atoms with van der Waals surface area (Å²) in [6.45, 7) is 2.08. The van der Waals surface area contributed by atoms with E-state index < -0.39 is 10.1 Å². The van der Waals surface area contributed by atoms with E-state index in [1.807, 2.05) is 32.0 Å². The van der Waals surface area contributed by atoms with Crippen molar-refractivity contribution in [3.05, 3.63) is 24.3 Å². The lowest BCUT2D eigenvalue weighted by Crippen LogP contribution is -2.11. The van der Waals surface area contributed by atoms with Gasteiger partial charge < -0.3 is 4.90 Å². The van der Waals surface area contributed by atoms with E-state index in [2.05, 4.69) is 0 Å². The lowest BCUT2D eigenvalue weighted by molar-refractivity contribution is 0.318. The lowest BCUT2D eigenvalue weighted by Gasteiger charge is -2.13.